The number of H-pyrrole nitrogens is 1. The molecule has 0 aliphatic rings. The van der Waals surface area contributed by atoms with Crippen molar-refractivity contribution in [3.05, 3.63) is 37.4 Å². The maximum Gasteiger partial charge on any atom is 0.180 e. The van der Waals surface area contributed by atoms with Crippen molar-refractivity contribution < 1.29 is 4.79 Å². The molecule has 0 atom stereocenters. The van der Waals surface area contributed by atoms with Crippen molar-refractivity contribution in [1.82, 2.24) is 9.97 Å². The number of rotatable bonds is 3. The molecule has 3 nitrogen and oxygen atoms in total. The van der Waals surface area contributed by atoms with E-state index in [1.54, 1.807) is 12.4 Å². The topological polar surface area (TPSA) is 45.8 Å². The first-order valence-corrected chi connectivity index (χ1v) is 6.53. The molecule has 0 fully saturated rings. The van der Waals surface area contributed by atoms with Crippen molar-refractivity contribution >= 4 is 49.0 Å². The zero-order valence-electron chi connectivity index (χ0n) is 7.46. The standard InChI is InChI=1S/C9H6Br2N2OS/c10-5-3-7(15-9(5)11)6(14)4-8-12-1-2-13-8/h1-3H,4H2,(H,12,13). The molecule has 0 bridgehead atoms. The second-order valence-corrected chi connectivity index (χ2v) is 6.09. The van der Waals surface area contributed by atoms with Gasteiger partial charge in [-0.1, -0.05) is 0 Å². The van der Waals surface area contributed by atoms with Gasteiger partial charge in [0.05, 0.1) is 15.1 Å². The van der Waals surface area contributed by atoms with Crippen LogP contribution < -0.4 is 0 Å². The predicted octanol–water partition coefficient (Wildman–Crippen LogP) is 3.42. The summed E-state index contributed by atoms with van der Waals surface area (Å²) in [7, 11) is 0. The minimum atomic E-state index is 0.0707. The zero-order valence-corrected chi connectivity index (χ0v) is 11.4. The third-order valence-corrected chi connectivity index (χ3v) is 5.10. The third kappa shape index (κ3) is 2.56. The number of halogens is 2. The third-order valence-electron chi connectivity index (χ3n) is 1.80. The summed E-state index contributed by atoms with van der Waals surface area (Å²) >= 11 is 8.13. The number of Topliss-reactive ketones (excluding diaryl/α,β-unsaturated/α-hetero) is 1. The highest BCUT2D eigenvalue weighted by atomic mass is 79.9. The van der Waals surface area contributed by atoms with E-state index in [1.165, 1.54) is 11.3 Å². The van der Waals surface area contributed by atoms with E-state index in [1.807, 2.05) is 6.07 Å². The quantitative estimate of drug-likeness (QED) is 0.863. The van der Waals surface area contributed by atoms with Gasteiger partial charge in [-0.25, -0.2) is 4.98 Å². The fourth-order valence-corrected chi connectivity index (χ4v) is 3.09. The average molecular weight is 350 g/mol. The van der Waals surface area contributed by atoms with Crippen LogP contribution in [-0.4, -0.2) is 15.8 Å². The van der Waals surface area contributed by atoms with Gasteiger partial charge in [-0.05, 0) is 37.9 Å². The van der Waals surface area contributed by atoms with E-state index in [0.29, 0.717) is 12.2 Å². The molecule has 0 radical (unpaired) electrons. The Morgan fingerprint density at radius 1 is 1.53 bits per heavy atom. The Labute approximate surface area is 107 Å². The summed E-state index contributed by atoms with van der Waals surface area (Å²) in [5.74, 6) is 0.766. The number of hydrogen-bond acceptors (Lipinski definition) is 3. The first-order valence-electron chi connectivity index (χ1n) is 4.13. The van der Waals surface area contributed by atoms with E-state index in [-0.39, 0.29) is 5.78 Å². The van der Waals surface area contributed by atoms with E-state index < -0.39 is 0 Å². The second-order valence-electron chi connectivity index (χ2n) is 2.87. The maximum atomic E-state index is 11.8. The van der Waals surface area contributed by atoms with Gasteiger partial charge >= 0.3 is 0 Å². The van der Waals surface area contributed by atoms with Crippen LogP contribution in [0.15, 0.2) is 26.7 Å². The Hall–Kier alpha value is -0.460. The molecule has 0 aliphatic heterocycles. The molecule has 2 heterocycles. The molecule has 1 N–H and O–H groups in total. The van der Waals surface area contributed by atoms with Crippen molar-refractivity contribution in [2.75, 3.05) is 0 Å². The maximum absolute atomic E-state index is 11.8. The molecule has 0 aromatic carbocycles. The lowest BCUT2D eigenvalue weighted by Crippen LogP contribution is -2.02. The fourth-order valence-electron chi connectivity index (χ4n) is 1.12. The number of imidazole rings is 1. The van der Waals surface area contributed by atoms with Crippen molar-refractivity contribution in [2.45, 2.75) is 6.42 Å². The van der Waals surface area contributed by atoms with E-state index in [2.05, 4.69) is 41.8 Å². The molecule has 2 aromatic heterocycles. The Morgan fingerprint density at radius 3 is 2.87 bits per heavy atom. The molecule has 0 spiro atoms. The molecule has 2 aromatic rings. The average Bonchev–Trinajstić information content (AvgIpc) is 2.78. The van der Waals surface area contributed by atoms with Gasteiger partial charge in [0.2, 0.25) is 0 Å². The zero-order chi connectivity index (χ0) is 10.8. The summed E-state index contributed by atoms with van der Waals surface area (Å²) in [4.78, 5) is 19.4. The van der Waals surface area contributed by atoms with Gasteiger partial charge in [-0.2, -0.15) is 0 Å². The lowest BCUT2D eigenvalue weighted by atomic mass is 10.2. The van der Waals surface area contributed by atoms with Crippen LogP contribution in [0.5, 0.6) is 0 Å². The molecule has 0 unspecified atom stereocenters. The minimum absolute atomic E-state index is 0.0707. The predicted molar refractivity (Wildman–Crippen MR) is 66.3 cm³/mol. The number of thiophene rings is 1. The largest absolute Gasteiger partial charge is 0.348 e. The summed E-state index contributed by atoms with van der Waals surface area (Å²) in [5, 5.41) is 0. The summed E-state index contributed by atoms with van der Waals surface area (Å²) in [6, 6.07) is 1.82. The fraction of sp³-hybridized carbons (Fsp3) is 0.111. The number of carbonyl (C=O) groups is 1. The summed E-state index contributed by atoms with van der Waals surface area (Å²) in [6.07, 6.45) is 3.66. The van der Waals surface area contributed by atoms with Gasteiger partial charge < -0.3 is 4.98 Å². The molecular formula is C9H6Br2N2OS. The lowest BCUT2D eigenvalue weighted by molar-refractivity contribution is 0.0995. The van der Waals surface area contributed by atoms with E-state index in [9.17, 15) is 4.79 Å². The number of nitrogens with one attached hydrogen (secondary N) is 1. The number of aromatic nitrogens is 2. The highest BCUT2D eigenvalue weighted by molar-refractivity contribution is 9.13. The van der Waals surface area contributed by atoms with Crippen LogP contribution in [0.3, 0.4) is 0 Å². The highest BCUT2D eigenvalue weighted by Gasteiger charge is 2.13. The molecule has 0 aliphatic carbocycles. The molecule has 0 amide bonds. The van der Waals surface area contributed by atoms with Gasteiger partial charge in [-0.15, -0.1) is 11.3 Å². The Kier molecular flexibility index (Phi) is 3.38. The molecule has 6 heteroatoms. The van der Waals surface area contributed by atoms with Gasteiger partial charge in [0, 0.05) is 16.9 Å². The van der Waals surface area contributed by atoms with Crippen molar-refractivity contribution in [1.29, 1.82) is 0 Å². The molecule has 0 saturated carbocycles. The highest BCUT2D eigenvalue weighted by Crippen LogP contribution is 2.32. The smallest absolute Gasteiger partial charge is 0.180 e. The molecule has 78 valence electrons. The number of aromatic amines is 1. The Morgan fingerprint density at radius 2 is 2.33 bits per heavy atom. The Balaban J connectivity index is 2.15. The van der Waals surface area contributed by atoms with Crippen LogP contribution in [0, 0.1) is 0 Å². The normalized spacial score (nSPS) is 10.5. The van der Waals surface area contributed by atoms with Crippen molar-refractivity contribution in [2.24, 2.45) is 0 Å². The summed E-state index contributed by atoms with van der Waals surface area (Å²) in [6.45, 7) is 0. The van der Waals surface area contributed by atoms with Crippen LogP contribution in [0.25, 0.3) is 0 Å². The van der Waals surface area contributed by atoms with Crippen LogP contribution in [0.4, 0.5) is 0 Å². The van der Waals surface area contributed by atoms with Crippen molar-refractivity contribution in [3.8, 4) is 0 Å². The molecule has 0 saturated heterocycles. The molecule has 15 heavy (non-hydrogen) atoms. The number of carbonyl (C=O) groups excluding carboxylic acids is 1. The first-order chi connectivity index (χ1) is 7.16. The number of hydrogen-bond donors (Lipinski definition) is 1. The van der Waals surface area contributed by atoms with E-state index in [0.717, 1.165) is 13.1 Å². The second kappa shape index (κ2) is 4.59. The molecule has 2 rings (SSSR count). The van der Waals surface area contributed by atoms with Gasteiger partial charge in [0.15, 0.2) is 5.78 Å². The van der Waals surface area contributed by atoms with Crippen LogP contribution >= 0.6 is 43.2 Å². The number of ketones is 1. The summed E-state index contributed by atoms with van der Waals surface area (Å²) < 4.78 is 1.85. The van der Waals surface area contributed by atoms with E-state index >= 15 is 0 Å². The minimum Gasteiger partial charge on any atom is -0.348 e. The van der Waals surface area contributed by atoms with Gasteiger partial charge in [-0.3, -0.25) is 4.79 Å². The van der Waals surface area contributed by atoms with Gasteiger partial charge in [0.1, 0.15) is 5.82 Å². The first kappa shape index (κ1) is 11.0. The monoisotopic (exact) mass is 348 g/mol. The number of nitrogens with zero attached hydrogens (tertiary/aromatic N) is 1. The van der Waals surface area contributed by atoms with Gasteiger partial charge in [0.25, 0.3) is 0 Å². The van der Waals surface area contributed by atoms with Crippen LogP contribution in [-0.2, 0) is 6.42 Å². The Bertz CT molecular complexity index is 459. The van der Waals surface area contributed by atoms with Crippen LogP contribution in [0.2, 0.25) is 0 Å². The lowest BCUT2D eigenvalue weighted by Gasteiger charge is -1.93. The molecular weight excluding hydrogens is 344 g/mol. The van der Waals surface area contributed by atoms with E-state index in [4.69, 9.17) is 0 Å². The SMILES string of the molecule is O=C(Cc1ncc[nH]1)c1cc(Br)c(Br)s1. The van der Waals surface area contributed by atoms with Crippen LogP contribution in [0.1, 0.15) is 15.5 Å². The van der Waals surface area contributed by atoms with Crippen molar-refractivity contribution in [3.63, 3.8) is 0 Å². The summed E-state index contributed by atoms with van der Waals surface area (Å²) in [5.41, 5.74) is 0.